The van der Waals surface area contributed by atoms with Crippen molar-refractivity contribution in [1.29, 1.82) is 0 Å². The van der Waals surface area contributed by atoms with Crippen molar-refractivity contribution >= 4 is 11.9 Å². The minimum atomic E-state index is -0.220. The van der Waals surface area contributed by atoms with Gasteiger partial charge in [-0.3, -0.25) is 9.59 Å². The summed E-state index contributed by atoms with van der Waals surface area (Å²) in [6, 6.07) is -0.102. The van der Waals surface area contributed by atoms with Gasteiger partial charge in [-0.25, -0.2) is 0 Å². The number of nitrogens with zero attached hydrogens (tertiary/aromatic N) is 1. The van der Waals surface area contributed by atoms with Gasteiger partial charge in [0.2, 0.25) is 5.91 Å². The molecule has 1 heterocycles. The SMILES string of the molecule is C=CC(=O)N(CCCCC)C1COC(=O)C1. The highest BCUT2D eigenvalue weighted by Crippen LogP contribution is 2.15. The minimum Gasteiger partial charge on any atom is -0.463 e. The van der Waals surface area contributed by atoms with E-state index in [1.165, 1.54) is 6.08 Å². The molecule has 1 atom stereocenters. The smallest absolute Gasteiger partial charge is 0.308 e. The molecule has 4 nitrogen and oxygen atoms in total. The third-order valence-electron chi connectivity index (χ3n) is 2.74. The van der Waals surface area contributed by atoms with Crippen LogP contribution in [0, 0.1) is 0 Å². The Morgan fingerprint density at radius 1 is 1.62 bits per heavy atom. The van der Waals surface area contributed by atoms with E-state index < -0.39 is 0 Å². The summed E-state index contributed by atoms with van der Waals surface area (Å²) in [7, 11) is 0. The van der Waals surface area contributed by atoms with Crippen LogP contribution in [0.1, 0.15) is 32.6 Å². The molecule has 1 saturated heterocycles. The van der Waals surface area contributed by atoms with Crippen LogP contribution in [0.25, 0.3) is 0 Å². The number of rotatable bonds is 6. The molecule has 1 rings (SSSR count). The highest BCUT2D eigenvalue weighted by atomic mass is 16.5. The fourth-order valence-electron chi connectivity index (χ4n) is 1.82. The van der Waals surface area contributed by atoms with Crippen molar-refractivity contribution in [2.24, 2.45) is 0 Å². The fraction of sp³-hybridized carbons (Fsp3) is 0.667. The fourth-order valence-corrected chi connectivity index (χ4v) is 1.82. The predicted molar refractivity (Wildman–Crippen MR) is 60.8 cm³/mol. The summed E-state index contributed by atoms with van der Waals surface area (Å²) in [4.78, 5) is 24.4. The van der Waals surface area contributed by atoms with Gasteiger partial charge < -0.3 is 9.64 Å². The number of cyclic esters (lactones) is 1. The van der Waals surface area contributed by atoms with Crippen LogP contribution in [-0.2, 0) is 14.3 Å². The number of esters is 1. The summed E-state index contributed by atoms with van der Waals surface area (Å²) >= 11 is 0. The first-order valence-electron chi connectivity index (χ1n) is 5.77. The zero-order valence-corrected chi connectivity index (χ0v) is 9.78. The maximum absolute atomic E-state index is 11.6. The molecule has 16 heavy (non-hydrogen) atoms. The second-order valence-corrected chi connectivity index (χ2v) is 3.98. The molecule has 0 saturated carbocycles. The van der Waals surface area contributed by atoms with Crippen LogP contribution in [0.5, 0.6) is 0 Å². The first-order chi connectivity index (χ1) is 7.69. The van der Waals surface area contributed by atoms with Crippen LogP contribution in [0.15, 0.2) is 12.7 Å². The van der Waals surface area contributed by atoms with E-state index in [1.54, 1.807) is 4.90 Å². The molecule has 1 aliphatic rings. The van der Waals surface area contributed by atoms with Crippen molar-refractivity contribution in [1.82, 2.24) is 4.90 Å². The lowest BCUT2D eigenvalue weighted by molar-refractivity contribution is -0.138. The van der Waals surface area contributed by atoms with Crippen LogP contribution in [0.3, 0.4) is 0 Å². The van der Waals surface area contributed by atoms with Gasteiger partial charge in [-0.15, -0.1) is 0 Å². The average Bonchev–Trinajstić information content (AvgIpc) is 2.70. The molecule has 0 radical (unpaired) electrons. The molecule has 0 aliphatic carbocycles. The number of unbranched alkanes of at least 4 members (excludes halogenated alkanes) is 2. The van der Waals surface area contributed by atoms with Crippen molar-refractivity contribution in [2.75, 3.05) is 13.2 Å². The number of carbonyl (C=O) groups excluding carboxylic acids is 2. The van der Waals surface area contributed by atoms with Crippen molar-refractivity contribution in [3.63, 3.8) is 0 Å². The van der Waals surface area contributed by atoms with E-state index in [1.807, 2.05) is 0 Å². The van der Waals surface area contributed by atoms with Crippen LogP contribution in [0.4, 0.5) is 0 Å². The normalized spacial score (nSPS) is 19.3. The molecule has 0 aromatic rings. The third-order valence-corrected chi connectivity index (χ3v) is 2.74. The Bertz CT molecular complexity index is 275. The summed E-state index contributed by atoms with van der Waals surface area (Å²) in [6.45, 7) is 6.60. The molecule has 0 bridgehead atoms. The van der Waals surface area contributed by atoms with Crippen LogP contribution < -0.4 is 0 Å². The van der Waals surface area contributed by atoms with Gasteiger partial charge in [-0.1, -0.05) is 26.3 Å². The summed E-state index contributed by atoms with van der Waals surface area (Å²) in [5, 5.41) is 0. The van der Waals surface area contributed by atoms with Gasteiger partial charge >= 0.3 is 5.97 Å². The Hall–Kier alpha value is -1.32. The van der Waals surface area contributed by atoms with Crippen molar-refractivity contribution in [2.45, 2.75) is 38.6 Å². The molecule has 0 aromatic carbocycles. The Kier molecular flexibility index (Phi) is 5.02. The maximum atomic E-state index is 11.6. The van der Waals surface area contributed by atoms with E-state index in [4.69, 9.17) is 4.74 Å². The molecule has 1 fully saturated rings. The lowest BCUT2D eigenvalue weighted by Crippen LogP contribution is -2.40. The largest absolute Gasteiger partial charge is 0.463 e. The Morgan fingerprint density at radius 3 is 2.88 bits per heavy atom. The molecule has 1 unspecified atom stereocenters. The maximum Gasteiger partial charge on any atom is 0.308 e. The van der Waals surface area contributed by atoms with Gasteiger partial charge in [0.05, 0.1) is 12.5 Å². The first-order valence-corrected chi connectivity index (χ1v) is 5.77. The van der Waals surface area contributed by atoms with Crippen LogP contribution in [-0.4, -0.2) is 36.0 Å². The lowest BCUT2D eigenvalue weighted by atomic mass is 10.1. The standard InChI is InChI=1S/C12H19NO3/c1-3-5-6-7-13(11(14)4-2)10-8-12(15)16-9-10/h4,10H,2-3,5-9H2,1H3. The van der Waals surface area contributed by atoms with E-state index in [2.05, 4.69) is 13.5 Å². The summed E-state index contributed by atoms with van der Waals surface area (Å²) < 4.78 is 4.88. The van der Waals surface area contributed by atoms with Crippen LogP contribution >= 0.6 is 0 Å². The van der Waals surface area contributed by atoms with E-state index in [-0.39, 0.29) is 17.9 Å². The molecular formula is C12H19NO3. The second-order valence-electron chi connectivity index (χ2n) is 3.98. The van der Waals surface area contributed by atoms with Gasteiger partial charge in [0.15, 0.2) is 0 Å². The molecule has 1 aliphatic heterocycles. The zero-order valence-electron chi connectivity index (χ0n) is 9.78. The average molecular weight is 225 g/mol. The molecule has 4 heteroatoms. The van der Waals surface area contributed by atoms with E-state index in [9.17, 15) is 9.59 Å². The van der Waals surface area contributed by atoms with E-state index >= 15 is 0 Å². The Labute approximate surface area is 96.3 Å². The molecule has 90 valence electrons. The van der Waals surface area contributed by atoms with Gasteiger partial charge in [-0.2, -0.15) is 0 Å². The first kappa shape index (κ1) is 12.7. The molecule has 0 N–H and O–H groups in total. The van der Waals surface area contributed by atoms with Crippen LogP contribution in [0.2, 0.25) is 0 Å². The number of hydrogen-bond donors (Lipinski definition) is 0. The summed E-state index contributed by atoms with van der Waals surface area (Å²) in [5.41, 5.74) is 0. The molecule has 1 amide bonds. The summed E-state index contributed by atoms with van der Waals surface area (Å²) in [5.74, 6) is -0.332. The monoisotopic (exact) mass is 225 g/mol. The summed E-state index contributed by atoms with van der Waals surface area (Å²) in [6.07, 6.45) is 4.76. The van der Waals surface area contributed by atoms with Gasteiger partial charge in [-0.05, 0) is 12.5 Å². The second kappa shape index (κ2) is 6.30. The van der Waals surface area contributed by atoms with E-state index in [0.717, 1.165) is 19.3 Å². The molecular weight excluding hydrogens is 206 g/mol. The minimum absolute atomic E-state index is 0.102. The quantitative estimate of drug-likeness (QED) is 0.391. The third kappa shape index (κ3) is 3.36. The molecule has 0 spiro atoms. The van der Waals surface area contributed by atoms with Gasteiger partial charge in [0, 0.05) is 6.54 Å². The highest BCUT2D eigenvalue weighted by molar-refractivity contribution is 5.88. The van der Waals surface area contributed by atoms with Crippen molar-refractivity contribution < 1.29 is 14.3 Å². The van der Waals surface area contributed by atoms with Gasteiger partial charge in [0.25, 0.3) is 0 Å². The predicted octanol–water partition coefficient (Wildman–Crippen LogP) is 1.51. The van der Waals surface area contributed by atoms with Crippen molar-refractivity contribution in [3.8, 4) is 0 Å². The number of ether oxygens (including phenoxy) is 1. The Balaban J connectivity index is 2.52. The number of hydrogen-bond acceptors (Lipinski definition) is 3. The number of carbonyl (C=O) groups is 2. The van der Waals surface area contributed by atoms with Crippen molar-refractivity contribution in [3.05, 3.63) is 12.7 Å². The van der Waals surface area contributed by atoms with E-state index in [0.29, 0.717) is 19.6 Å². The Morgan fingerprint density at radius 2 is 2.38 bits per heavy atom. The topological polar surface area (TPSA) is 46.6 Å². The molecule has 0 aromatic heterocycles. The van der Waals surface area contributed by atoms with Gasteiger partial charge in [0.1, 0.15) is 6.61 Å². The number of amides is 1. The lowest BCUT2D eigenvalue weighted by Gasteiger charge is -2.25. The zero-order chi connectivity index (χ0) is 12.0. The highest BCUT2D eigenvalue weighted by Gasteiger charge is 2.30.